The van der Waals surface area contributed by atoms with E-state index in [0.29, 0.717) is 44.2 Å². The van der Waals surface area contributed by atoms with Gasteiger partial charge in [0.1, 0.15) is 5.82 Å². The van der Waals surface area contributed by atoms with Crippen molar-refractivity contribution >= 4 is 23.5 Å². The van der Waals surface area contributed by atoms with E-state index in [2.05, 4.69) is 10.3 Å². The van der Waals surface area contributed by atoms with Crippen molar-refractivity contribution in [1.82, 2.24) is 14.8 Å². The Hall–Kier alpha value is -3.09. The van der Waals surface area contributed by atoms with Gasteiger partial charge in [0, 0.05) is 38.1 Å². The summed E-state index contributed by atoms with van der Waals surface area (Å²) in [5.74, 6) is 0.607. The first-order valence-corrected chi connectivity index (χ1v) is 9.07. The highest BCUT2D eigenvalue weighted by molar-refractivity contribution is 5.94. The number of anilines is 2. The molecule has 0 bridgehead atoms. The average Bonchev–Trinajstić information content (AvgIpc) is 2.70. The SMILES string of the molecule is CCOC(=O)N1CCN(C(=O)c2ccc(Nc3ccc(C)cc3)nc2)CC1. The normalized spacial score (nSPS) is 14.0. The lowest BCUT2D eigenvalue weighted by molar-refractivity contribution is 0.0570. The molecule has 2 aromatic rings. The molecule has 3 rings (SSSR count). The predicted molar refractivity (Wildman–Crippen MR) is 103 cm³/mol. The fraction of sp³-hybridized carbons (Fsp3) is 0.350. The van der Waals surface area contributed by atoms with Gasteiger partial charge in [-0.3, -0.25) is 4.79 Å². The molecule has 0 saturated carbocycles. The number of rotatable bonds is 4. The first-order valence-electron chi connectivity index (χ1n) is 9.07. The van der Waals surface area contributed by atoms with E-state index >= 15 is 0 Å². The fourth-order valence-electron chi connectivity index (χ4n) is 2.87. The van der Waals surface area contributed by atoms with Gasteiger partial charge in [0.2, 0.25) is 0 Å². The molecule has 2 amide bonds. The summed E-state index contributed by atoms with van der Waals surface area (Å²) in [6.07, 6.45) is 1.26. The molecule has 0 unspecified atom stereocenters. The minimum absolute atomic E-state index is 0.0760. The standard InChI is InChI=1S/C20H24N4O3/c1-3-27-20(26)24-12-10-23(11-13-24)19(25)16-6-9-18(21-14-16)22-17-7-4-15(2)5-8-17/h4-9,14H,3,10-13H2,1-2H3,(H,21,22). The number of nitrogens with one attached hydrogen (secondary N) is 1. The Morgan fingerprint density at radius 2 is 1.70 bits per heavy atom. The average molecular weight is 368 g/mol. The maximum absolute atomic E-state index is 12.6. The Labute approximate surface area is 158 Å². The highest BCUT2D eigenvalue weighted by atomic mass is 16.6. The predicted octanol–water partition coefficient (Wildman–Crippen LogP) is 3.05. The van der Waals surface area contributed by atoms with E-state index in [1.54, 1.807) is 35.1 Å². The van der Waals surface area contributed by atoms with Crippen LogP contribution in [0.4, 0.5) is 16.3 Å². The molecule has 0 atom stereocenters. The number of pyridine rings is 1. The summed E-state index contributed by atoms with van der Waals surface area (Å²) in [7, 11) is 0. The van der Waals surface area contributed by atoms with Gasteiger partial charge in [-0.25, -0.2) is 9.78 Å². The monoisotopic (exact) mass is 368 g/mol. The molecule has 0 spiro atoms. The van der Waals surface area contributed by atoms with Crippen LogP contribution in [0.25, 0.3) is 0 Å². The fourth-order valence-corrected chi connectivity index (χ4v) is 2.87. The zero-order valence-corrected chi connectivity index (χ0v) is 15.6. The Morgan fingerprint density at radius 3 is 2.30 bits per heavy atom. The van der Waals surface area contributed by atoms with E-state index in [1.165, 1.54) is 5.56 Å². The van der Waals surface area contributed by atoms with Gasteiger partial charge in [-0.2, -0.15) is 0 Å². The van der Waals surface area contributed by atoms with E-state index in [9.17, 15) is 9.59 Å². The van der Waals surface area contributed by atoms with Gasteiger partial charge < -0.3 is 19.9 Å². The van der Waals surface area contributed by atoms with E-state index < -0.39 is 0 Å². The zero-order chi connectivity index (χ0) is 19.2. The molecule has 1 aromatic carbocycles. The van der Waals surface area contributed by atoms with Crippen LogP contribution in [0.5, 0.6) is 0 Å². The second-order valence-corrected chi connectivity index (χ2v) is 6.40. The number of hydrogen-bond acceptors (Lipinski definition) is 5. The number of benzene rings is 1. The van der Waals surface area contributed by atoms with Gasteiger partial charge in [0.15, 0.2) is 0 Å². The van der Waals surface area contributed by atoms with Gasteiger partial charge in [0.25, 0.3) is 5.91 Å². The number of carbonyl (C=O) groups excluding carboxylic acids is 2. The highest BCUT2D eigenvalue weighted by Gasteiger charge is 2.25. The molecule has 1 saturated heterocycles. The minimum Gasteiger partial charge on any atom is -0.450 e. The molecule has 7 heteroatoms. The summed E-state index contributed by atoms with van der Waals surface area (Å²) in [5.41, 5.74) is 2.67. The van der Waals surface area contributed by atoms with Crippen LogP contribution in [-0.4, -0.2) is 59.6 Å². The first-order chi connectivity index (χ1) is 13.1. The number of nitrogens with zero attached hydrogens (tertiary/aromatic N) is 3. The summed E-state index contributed by atoms with van der Waals surface area (Å²) in [5, 5.41) is 3.21. The second-order valence-electron chi connectivity index (χ2n) is 6.40. The van der Waals surface area contributed by atoms with Crippen LogP contribution in [0.3, 0.4) is 0 Å². The van der Waals surface area contributed by atoms with E-state index in [-0.39, 0.29) is 12.0 Å². The molecule has 1 fully saturated rings. The maximum Gasteiger partial charge on any atom is 0.409 e. The smallest absolute Gasteiger partial charge is 0.409 e. The molecular weight excluding hydrogens is 344 g/mol. The van der Waals surface area contributed by atoms with E-state index in [1.807, 2.05) is 31.2 Å². The van der Waals surface area contributed by atoms with Crippen LogP contribution in [0.2, 0.25) is 0 Å². The van der Waals surface area contributed by atoms with Crippen molar-refractivity contribution in [2.24, 2.45) is 0 Å². The molecular formula is C20H24N4O3. The molecule has 0 aliphatic carbocycles. The van der Waals surface area contributed by atoms with Crippen LogP contribution in [-0.2, 0) is 4.74 Å². The van der Waals surface area contributed by atoms with Gasteiger partial charge in [0.05, 0.1) is 12.2 Å². The summed E-state index contributed by atoms with van der Waals surface area (Å²) < 4.78 is 5.00. The molecule has 2 heterocycles. The highest BCUT2D eigenvalue weighted by Crippen LogP contribution is 2.16. The number of piperazine rings is 1. The van der Waals surface area contributed by atoms with E-state index in [4.69, 9.17) is 4.74 Å². The van der Waals surface area contributed by atoms with Gasteiger partial charge in [-0.15, -0.1) is 0 Å². The third-order valence-electron chi connectivity index (χ3n) is 4.43. The lowest BCUT2D eigenvalue weighted by Crippen LogP contribution is -2.50. The van der Waals surface area contributed by atoms with Crippen LogP contribution in [0, 0.1) is 6.92 Å². The van der Waals surface area contributed by atoms with Crippen LogP contribution in [0.15, 0.2) is 42.6 Å². The number of ether oxygens (including phenoxy) is 1. The lowest BCUT2D eigenvalue weighted by atomic mass is 10.2. The topological polar surface area (TPSA) is 74.8 Å². The lowest BCUT2D eigenvalue weighted by Gasteiger charge is -2.34. The molecule has 142 valence electrons. The van der Waals surface area contributed by atoms with Crippen molar-refractivity contribution in [2.45, 2.75) is 13.8 Å². The summed E-state index contributed by atoms with van der Waals surface area (Å²) >= 11 is 0. The minimum atomic E-state index is -0.321. The van der Waals surface area contributed by atoms with Gasteiger partial charge in [-0.05, 0) is 38.1 Å². The molecule has 1 N–H and O–H groups in total. The quantitative estimate of drug-likeness (QED) is 0.898. The summed E-state index contributed by atoms with van der Waals surface area (Å²) in [6.45, 7) is 6.10. The van der Waals surface area contributed by atoms with Crippen molar-refractivity contribution < 1.29 is 14.3 Å². The van der Waals surface area contributed by atoms with Crippen LogP contribution < -0.4 is 5.32 Å². The Kier molecular flexibility index (Phi) is 5.90. The Bertz CT molecular complexity index is 782. The number of aromatic nitrogens is 1. The first kappa shape index (κ1) is 18.7. The Morgan fingerprint density at radius 1 is 1.04 bits per heavy atom. The number of carbonyl (C=O) groups is 2. The van der Waals surface area contributed by atoms with Gasteiger partial charge >= 0.3 is 6.09 Å². The maximum atomic E-state index is 12.6. The van der Waals surface area contributed by atoms with Crippen molar-refractivity contribution in [2.75, 3.05) is 38.1 Å². The van der Waals surface area contributed by atoms with Crippen molar-refractivity contribution in [1.29, 1.82) is 0 Å². The van der Waals surface area contributed by atoms with Crippen molar-refractivity contribution in [3.05, 3.63) is 53.7 Å². The molecule has 1 aliphatic rings. The largest absolute Gasteiger partial charge is 0.450 e. The van der Waals surface area contributed by atoms with Crippen molar-refractivity contribution in [3.63, 3.8) is 0 Å². The van der Waals surface area contributed by atoms with Crippen LogP contribution in [0.1, 0.15) is 22.8 Å². The molecule has 1 aromatic heterocycles. The number of aryl methyl sites for hydroxylation is 1. The number of amides is 2. The molecule has 27 heavy (non-hydrogen) atoms. The summed E-state index contributed by atoms with van der Waals surface area (Å²) in [4.78, 5) is 32.1. The Balaban J connectivity index is 1.56. The molecule has 0 radical (unpaired) electrons. The second kappa shape index (κ2) is 8.53. The zero-order valence-electron chi connectivity index (χ0n) is 15.6. The van der Waals surface area contributed by atoms with E-state index in [0.717, 1.165) is 5.69 Å². The van der Waals surface area contributed by atoms with Crippen LogP contribution >= 0.6 is 0 Å². The third kappa shape index (κ3) is 4.75. The molecule has 7 nitrogen and oxygen atoms in total. The summed E-state index contributed by atoms with van der Waals surface area (Å²) in [6, 6.07) is 11.6. The number of hydrogen-bond donors (Lipinski definition) is 1. The molecule has 1 aliphatic heterocycles. The van der Waals surface area contributed by atoms with Crippen molar-refractivity contribution in [3.8, 4) is 0 Å². The van der Waals surface area contributed by atoms with Gasteiger partial charge in [-0.1, -0.05) is 17.7 Å². The third-order valence-corrected chi connectivity index (χ3v) is 4.43.